The minimum Gasteiger partial charge on any atom is -0.356 e. The van der Waals surface area contributed by atoms with Crippen LogP contribution in [0.25, 0.3) is 0 Å². The van der Waals surface area contributed by atoms with Gasteiger partial charge in [0.25, 0.3) is 5.91 Å². The summed E-state index contributed by atoms with van der Waals surface area (Å²) in [5.74, 6) is 0.984. The molecule has 138 valence electrons. The van der Waals surface area contributed by atoms with E-state index in [-0.39, 0.29) is 29.1 Å². The van der Waals surface area contributed by atoms with E-state index in [1.807, 2.05) is 36.1 Å². The topological polar surface area (TPSA) is 92.3 Å². The summed E-state index contributed by atoms with van der Waals surface area (Å²) in [6, 6.07) is 8.98. The number of nitrogens with one attached hydrogen (secondary N) is 1. The number of carbonyl (C=O) groups excluding carboxylic acids is 1. The summed E-state index contributed by atoms with van der Waals surface area (Å²) < 4.78 is 23.5. The van der Waals surface area contributed by atoms with Gasteiger partial charge in [0.15, 0.2) is 9.84 Å². The molecule has 1 atom stereocenters. The van der Waals surface area contributed by atoms with E-state index in [9.17, 15) is 13.2 Å². The molecule has 1 aromatic carbocycles. The van der Waals surface area contributed by atoms with Crippen molar-refractivity contribution in [1.29, 1.82) is 0 Å². The molecule has 7 nitrogen and oxygen atoms in total. The van der Waals surface area contributed by atoms with Crippen LogP contribution in [0.5, 0.6) is 0 Å². The summed E-state index contributed by atoms with van der Waals surface area (Å²) in [6.07, 6.45) is 0.562. The summed E-state index contributed by atoms with van der Waals surface area (Å²) >= 11 is 0. The first-order chi connectivity index (χ1) is 12.2. The first-order valence-electron chi connectivity index (χ1n) is 8.40. The Morgan fingerprint density at radius 3 is 2.65 bits per heavy atom. The molecule has 0 saturated carbocycles. The number of anilines is 2. The van der Waals surface area contributed by atoms with Gasteiger partial charge in [0, 0.05) is 24.8 Å². The Hall–Kier alpha value is -2.48. The van der Waals surface area contributed by atoms with Crippen LogP contribution in [0, 0.1) is 13.8 Å². The predicted octanol–water partition coefficient (Wildman–Crippen LogP) is 1.97. The van der Waals surface area contributed by atoms with Crippen molar-refractivity contribution < 1.29 is 13.2 Å². The standard InChI is InChI=1S/C18H22N4O3S/c1-12-5-4-6-14(9-12)21-18(23)16-10-17(20-13(2)19-16)22(3)15-7-8-26(24,25)11-15/h4-6,9-10,15H,7-8,11H2,1-3H3,(H,21,23). The second kappa shape index (κ2) is 7.03. The zero-order valence-electron chi connectivity index (χ0n) is 15.1. The molecule has 26 heavy (non-hydrogen) atoms. The minimum atomic E-state index is -2.99. The quantitative estimate of drug-likeness (QED) is 0.880. The third-order valence-electron chi connectivity index (χ3n) is 4.45. The number of nitrogens with zero attached hydrogens (tertiary/aromatic N) is 3. The summed E-state index contributed by atoms with van der Waals surface area (Å²) in [7, 11) is -1.19. The number of hydrogen-bond acceptors (Lipinski definition) is 6. The third-order valence-corrected chi connectivity index (χ3v) is 6.20. The van der Waals surface area contributed by atoms with Crippen molar-refractivity contribution in [3.63, 3.8) is 0 Å². The van der Waals surface area contributed by atoms with Crippen LogP contribution < -0.4 is 10.2 Å². The van der Waals surface area contributed by atoms with Crippen LogP contribution in [0.3, 0.4) is 0 Å². The van der Waals surface area contributed by atoms with Gasteiger partial charge in [-0.05, 0) is 38.0 Å². The monoisotopic (exact) mass is 374 g/mol. The van der Waals surface area contributed by atoms with Crippen molar-refractivity contribution in [3.8, 4) is 0 Å². The molecule has 1 amide bonds. The molecule has 0 radical (unpaired) electrons. The van der Waals surface area contributed by atoms with Crippen LogP contribution in [0.1, 0.15) is 28.3 Å². The molecule has 1 unspecified atom stereocenters. The first kappa shape index (κ1) is 18.3. The van der Waals surface area contributed by atoms with Crippen molar-refractivity contribution in [2.75, 3.05) is 28.8 Å². The van der Waals surface area contributed by atoms with E-state index in [2.05, 4.69) is 15.3 Å². The normalized spacial score (nSPS) is 18.5. The lowest BCUT2D eigenvalue weighted by atomic mass is 10.2. The van der Waals surface area contributed by atoms with E-state index >= 15 is 0 Å². The van der Waals surface area contributed by atoms with Crippen LogP contribution in [-0.4, -0.2) is 48.9 Å². The smallest absolute Gasteiger partial charge is 0.274 e. The lowest BCUT2D eigenvalue weighted by molar-refractivity contribution is 0.102. The molecule has 1 saturated heterocycles. The summed E-state index contributed by atoms with van der Waals surface area (Å²) in [5.41, 5.74) is 1.99. The van der Waals surface area contributed by atoms with E-state index < -0.39 is 9.84 Å². The second-order valence-corrected chi connectivity index (χ2v) is 8.88. The van der Waals surface area contributed by atoms with Crippen LogP contribution >= 0.6 is 0 Å². The number of hydrogen-bond donors (Lipinski definition) is 1. The maximum atomic E-state index is 12.6. The van der Waals surface area contributed by atoms with E-state index in [0.717, 1.165) is 5.56 Å². The molecule has 1 aliphatic heterocycles. The van der Waals surface area contributed by atoms with Crippen molar-refractivity contribution in [1.82, 2.24) is 9.97 Å². The fourth-order valence-corrected chi connectivity index (χ4v) is 4.81. The fraction of sp³-hybridized carbons (Fsp3) is 0.389. The maximum absolute atomic E-state index is 12.6. The van der Waals surface area contributed by atoms with Gasteiger partial charge in [0.1, 0.15) is 17.3 Å². The summed E-state index contributed by atoms with van der Waals surface area (Å²) in [5, 5.41) is 2.83. The molecule has 0 aliphatic carbocycles. The van der Waals surface area contributed by atoms with Crippen molar-refractivity contribution >= 4 is 27.2 Å². The van der Waals surface area contributed by atoms with E-state index in [1.54, 1.807) is 20.0 Å². The molecule has 2 aromatic rings. The highest BCUT2D eigenvalue weighted by molar-refractivity contribution is 7.91. The molecule has 1 N–H and O–H groups in total. The van der Waals surface area contributed by atoms with Gasteiger partial charge in [-0.2, -0.15) is 0 Å². The number of sulfone groups is 1. The van der Waals surface area contributed by atoms with Gasteiger partial charge in [-0.15, -0.1) is 0 Å². The SMILES string of the molecule is Cc1cccc(NC(=O)c2cc(N(C)C3CCS(=O)(=O)C3)nc(C)n2)c1. The van der Waals surface area contributed by atoms with Crippen molar-refractivity contribution in [3.05, 3.63) is 47.4 Å². The Morgan fingerprint density at radius 1 is 1.23 bits per heavy atom. The molecule has 0 bridgehead atoms. The predicted molar refractivity (Wildman–Crippen MR) is 101 cm³/mol. The Balaban J connectivity index is 1.82. The summed E-state index contributed by atoms with van der Waals surface area (Å²) in [6.45, 7) is 3.67. The highest BCUT2D eigenvalue weighted by atomic mass is 32.2. The van der Waals surface area contributed by atoms with Gasteiger partial charge in [-0.3, -0.25) is 4.79 Å². The fourth-order valence-electron chi connectivity index (χ4n) is 3.03. The number of rotatable bonds is 4. The third kappa shape index (κ3) is 4.19. The van der Waals surface area contributed by atoms with E-state index in [1.165, 1.54) is 0 Å². The molecule has 1 aromatic heterocycles. The van der Waals surface area contributed by atoms with Crippen LogP contribution in [0.15, 0.2) is 30.3 Å². The van der Waals surface area contributed by atoms with Crippen LogP contribution in [0.2, 0.25) is 0 Å². The number of carbonyl (C=O) groups is 1. The lowest BCUT2D eigenvalue weighted by Gasteiger charge is -2.25. The lowest BCUT2D eigenvalue weighted by Crippen LogP contribution is -2.33. The Bertz CT molecular complexity index is 943. The van der Waals surface area contributed by atoms with Crippen LogP contribution in [0.4, 0.5) is 11.5 Å². The molecular formula is C18H22N4O3S. The number of benzene rings is 1. The zero-order chi connectivity index (χ0) is 18.9. The van der Waals surface area contributed by atoms with Gasteiger partial charge in [-0.1, -0.05) is 12.1 Å². The van der Waals surface area contributed by atoms with Gasteiger partial charge in [0.05, 0.1) is 11.5 Å². The number of aryl methyl sites for hydroxylation is 2. The largest absolute Gasteiger partial charge is 0.356 e. The van der Waals surface area contributed by atoms with Gasteiger partial charge < -0.3 is 10.2 Å². The first-order valence-corrected chi connectivity index (χ1v) is 10.2. The molecule has 2 heterocycles. The Morgan fingerprint density at radius 2 is 2.00 bits per heavy atom. The summed E-state index contributed by atoms with van der Waals surface area (Å²) in [4.78, 5) is 23.0. The molecule has 0 spiro atoms. The maximum Gasteiger partial charge on any atom is 0.274 e. The highest BCUT2D eigenvalue weighted by Crippen LogP contribution is 2.22. The van der Waals surface area contributed by atoms with Gasteiger partial charge in [-0.25, -0.2) is 18.4 Å². The minimum absolute atomic E-state index is 0.109. The van der Waals surface area contributed by atoms with Crippen LogP contribution in [-0.2, 0) is 9.84 Å². The highest BCUT2D eigenvalue weighted by Gasteiger charge is 2.31. The Kier molecular flexibility index (Phi) is 4.95. The molecule has 1 fully saturated rings. The average Bonchev–Trinajstić information content (AvgIpc) is 2.93. The van der Waals surface area contributed by atoms with E-state index in [4.69, 9.17) is 0 Å². The molecule has 3 rings (SSSR count). The number of aromatic nitrogens is 2. The Labute approximate surface area is 153 Å². The van der Waals surface area contributed by atoms with Gasteiger partial charge in [0.2, 0.25) is 0 Å². The van der Waals surface area contributed by atoms with Gasteiger partial charge >= 0.3 is 0 Å². The molecular weight excluding hydrogens is 352 g/mol. The zero-order valence-corrected chi connectivity index (χ0v) is 15.9. The van der Waals surface area contributed by atoms with Crippen molar-refractivity contribution in [2.45, 2.75) is 26.3 Å². The van der Waals surface area contributed by atoms with E-state index in [0.29, 0.717) is 23.8 Å². The number of amides is 1. The van der Waals surface area contributed by atoms with Crippen molar-refractivity contribution in [2.24, 2.45) is 0 Å². The molecule has 1 aliphatic rings. The second-order valence-electron chi connectivity index (χ2n) is 6.65. The average molecular weight is 374 g/mol. The molecule has 8 heteroatoms.